The highest BCUT2D eigenvalue weighted by molar-refractivity contribution is 6.33. The van der Waals surface area contributed by atoms with Crippen molar-refractivity contribution in [3.8, 4) is 11.3 Å². The molecule has 2 fully saturated rings. The van der Waals surface area contributed by atoms with Gasteiger partial charge in [-0.2, -0.15) is 0 Å². The van der Waals surface area contributed by atoms with Crippen LogP contribution in [0.1, 0.15) is 46.5 Å². The lowest BCUT2D eigenvalue weighted by Crippen LogP contribution is -2.45. The smallest absolute Gasteiger partial charge is 0.126 e. The van der Waals surface area contributed by atoms with Crippen LogP contribution < -0.4 is 16.0 Å². The van der Waals surface area contributed by atoms with Gasteiger partial charge in [0, 0.05) is 43.5 Å². The van der Waals surface area contributed by atoms with Gasteiger partial charge in [0.2, 0.25) is 0 Å². The molecule has 0 radical (unpaired) electrons. The molecule has 2 atom stereocenters. The number of nitrogens with one attached hydrogen (secondary N) is 3. The van der Waals surface area contributed by atoms with Gasteiger partial charge in [0.05, 0.1) is 42.2 Å². The summed E-state index contributed by atoms with van der Waals surface area (Å²) < 4.78 is 17.0. The molecule has 198 valence electrons. The largest absolute Gasteiger partial charge is 0.383 e. The maximum Gasteiger partial charge on any atom is 0.126 e. The number of anilines is 2. The second kappa shape index (κ2) is 12.5. The Labute approximate surface area is 219 Å². The van der Waals surface area contributed by atoms with Crippen LogP contribution in [0.5, 0.6) is 0 Å². The molecule has 3 N–H and O–H groups in total. The Morgan fingerprint density at radius 2 is 1.94 bits per heavy atom. The summed E-state index contributed by atoms with van der Waals surface area (Å²) in [4.78, 5) is 9.33. The summed E-state index contributed by atoms with van der Waals surface area (Å²) in [6.45, 7) is 8.80. The lowest BCUT2D eigenvalue weighted by atomic mass is 9.90. The Bertz CT molecular complexity index is 984. The van der Waals surface area contributed by atoms with E-state index in [2.05, 4.69) is 27.9 Å². The van der Waals surface area contributed by atoms with Gasteiger partial charge in [-0.25, -0.2) is 9.97 Å². The number of aromatic nitrogens is 2. The van der Waals surface area contributed by atoms with E-state index in [9.17, 15) is 0 Å². The number of hydrogen-bond donors (Lipinski definition) is 3. The van der Waals surface area contributed by atoms with Gasteiger partial charge in [-0.1, -0.05) is 17.7 Å². The van der Waals surface area contributed by atoms with Crippen molar-refractivity contribution in [2.75, 3.05) is 44.1 Å². The summed E-state index contributed by atoms with van der Waals surface area (Å²) in [6.07, 6.45) is 6.14. The molecule has 2 aliphatic rings. The van der Waals surface area contributed by atoms with E-state index in [-0.39, 0.29) is 11.7 Å². The summed E-state index contributed by atoms with van der Waals surface area (Å²) in [5, 5.41) is 11.2. The van der Waals surface area contributed by atoms with Gasteiger partial charge in [0.15, 0.2) is 0 Å². The molecule has 8 nitrogen and oxygen atoms in total. The van der Waals surface area contributed by atoms with E-state index in [1.807, 2.05) is 38.1 Å². The fourth-order valence-electron chi connectivity index (χ4n) is 4.99. The summed E-state index contributed by atoms with van der Waals surface area (Å²) in [5.74, 6) is 1.60. The van der Waals surface area contributed by atoms with E-state index in [0.29, 0.717) is 42.9 Å². The minimum Gasteiger partial charge on any atom is -0.383 e. The maximum absolute atomic E-state index is 6.54. The zero-order valence-electron chi connectivity index (χ0n) is 21.9. The second-order valence-electron chi connectivity index (χ2n) is 10.6. The van der Waals surface area contributed by atoms with Crippen LogP contribution in [0.15, 0.2) is 30.5 Å². The summed E-state index contributed by atoms with van der Waals surface area (Å²) >= 11 is 6.54. The average Bonchev–Trinajstić information content (AvgIpc) is 2.85. The van der Waals surface area contributed by atoms with Crippen molar-refractivity contribution in [2.45, 2.75) is 76.3 Å². The topological polar surface area (TPSA) is 89.6 Å². The molecule has 4 rings (SSSR count). The molecule has 1 aliphatic heterocycles. The third kappa shape index (κ3) is 7.76. The fraction of sp³-hybridized carbons (Fsp3) is 0.630. The molecule has 0 bridgehead atoms. The van der Waals surface area contributed by atoms with Gasteiger partial charge in [-0.15, -0.1) is 0 Å². The van der Waals surface area contributed by atoms with Crippen LogP contribution in [0.25, 0.3) is 11.3 Å². The van der Waals surface area contributed by atoms with Gasteiger partial charge >= 0.3 is 0 Å². The van der Waals surface area contributed by atoms with Crippen molar-refractivity contribution in [3.63, 3.8) is 0 Å². The third-order valence-corrected chi connectivity index (χ3v) is 6.95. The van der Waals surface area contributed by atoms with Gasteiger partial charge in [0.25, 0.3) is 0 Å². The average molecular weight is 518 g/mol. The highest BCUT2D eigenvalue weighted by atomic mass is 35.5. The van der Waals surface area contributed by atoms with Crippen LogP contribution in [0.2, 0.25) is 5.02 Å². The molecule has 0 spiro atoms. The molecular weight excluding hydrogens is 478 g/mol. The van der Waals surface area contributed by atoms with Crippen LogP contribution in [0.4, 0.5) is 11.6 Å². The van der Waals surface area contributed by atoms with Crippen LogP contribution in [-0.2, 0) is 14.2 Å². The first-order valence-corrected chi connectivity index (χ1v) is 13.3. The van der Waals surface area contributed by atoms with Gasteiger partial charge in [0.1, 0.15) is 11.6 Å². The van der Waals surface area contributed by atoms with Crippen molar-refractivity contribution >= 4 is 23.2 Å². The number of ether oxygens (including phenoxy) is 3. The Morgan fingerprint density at radius 1 is 1.17 bits per heavy atom. The highest BCUT2D eigenvalue weighted by Crippen LogP contribution is 2.30. The lowest BCUT2D eigenvalue weighted by molar-refractivity contribution is -0.177. The van der Waals surface area contributed by atoms with Crippen molar-refractivity contribution in [1.82, 2.24) is 15.3 Å². The van der Waals surface area contributed by atoms with Crippen LogP contribution in [0, 0.1) is 0 Å². The molecule has 1 unspecified atom stereocenters. The van der Waals surface area contributed by atoms with E-state index in [4.69, 9.17) is 30.8 Å². The van der Waals surface area contributed by atoms with Crippen molar-refractivity contribution in [3.05, 3.63) is 35.5 Å². The molecular formula is C27H40ClN5O3. The molecule has 0 aromatic carbocycles. The second-order valence-corrected chi connectivity index (χ2v) is 11.0. The predicted octanol–water partition coefficient (Wildman–Crippen LogP) is 4.75. The fourth-order valence-corrected chi connectivity index (χ4v) is 5.19. The maximum atomic E-state index is 6.54. The summed E-state index contributed by atoms with van der Waals surface area (Å²) in [7, 11) is 1.75. The Balaban J connectivity index is 1.34. The van der Waals surface area contributed by atoms with E-state index in [0.717, 1.165) is 55.2 Å². The quantitative estimate of drug-likeness (QED) is 0.416. The van der Waals surface area contributed by atoms with Gasteiger partial charge in [-0.3, -0.25) is 0 Å². The Morgan fingerprint density at radius 3 is 2.69 bits per heavy atom. The molecule has 1 saturated heterocycles. The first-order valence-electron chi connectivity index (χ1n) is 13.0. The van der Waals surface area contributed by atoms with Crippen LogP contribution in [0.3, 0.4) is 0 Å². The van der Waals surface area contributed by atoms with Crippen LogP contribution >= 0.6 is 11.6 Å². The number of pyridine rings is 2. The minimum atomic E-state index is -0.272. The monoisotopic (exact) mass is 517 g/mol. The number of methoxy groups -OCH3 is 1. The van der Waals surface area contributed by atoms with E-state index in [1.54, 1.807) is 13.3 Å². The zero-order valence-corrected chi connectivity index (χ0v) is 22.6. The molecule has 3 heterocycles. The van der Waals surface area contributed by atoms with Crippen molar-refractivity contribution < 1.29 is 14.2 Å². The normalized spacial score (nSPS) is 24.8. The molecule has 2 aromatic heterocycles. The van der Waals surface area contributed by atoms with E-state index < -0.39 is 0 Å². The minimum absolute atomic E-state index is 0.0204. The first kappa shape index (κ1) is 27.1. The zero-order chi connectivity index (χ0) is 25.5. The van der Waals surface area contributed by atoms with E-state index in [1.165, 1.54) is 0 Å². The molecule has 0 amide bonds. The van der Waals surface area contributed by atoms with Crippen molar-refractivity contribution in [2.24, 2.45) is 0 Å². The van der Waals surface area contributed by atoms with Crippen LogP contribution in [-0.4, -0.2) is 73.3 Å². The first-order chi connectivity index (χ1) is 17.3. The number of rotatable bonds is 10. The number of hydrogen-bond acceptors (Lipinski definition) is 8. The number of halogens is 1. The SMILES string of the molecule is COC[C@@H](C)NC1CCC(Nc2cc(-c3cccc(NCC4COCC(C)(C)O4)n3)c(Cl)cn2)CC1. The molecule has 1 saturated carbocycles. The number of nitrogens with zero attached hydrogens (tertiary/aromatic N) is 2. The Kier molecular flexibility index (Phi) is 9.41. The molecule has 2 aromatic rings. The van der Waals surface area contributed by atoms with Gasteiger partial charge < -0.3 is 30.2 Å². The molecule has 36 heavy (non-hydrogen) atoms. The van der Waals surface area contributed by atoms with Crippen molar-refractivity contribution in [1.29, 1.82) is 0 Å². The van der Waals surface area contributed by atoms with E-state index >= 15 is 0 Å². The molecule has 9 heteroatoms. The Hall–Kier alpha value is -1.97. The summed E-state index contributed by atoms with van der Waals surface area (Å²) in [5.41, 5.74) is 1.39. The predicted molar refractivity (Wildman–Crippen MR) is 145 cm³/mol. The third-order valence-electron chi connectivity index (χ3n) is 6.65. The summed E-state index contributed by atoms with van der Waals surface area (Å²) in [6, 6.07) is 9.21. The lowest BCUT2D eigenvalue weighted by Gasteiger charge is -2.36. The van der Waals surface area contributed by atoms with Gasteiger partial charge in [-0.05, 0) is 64.7 Å². The highest BCUT2D eigenvalue weighted by Gasteiger charge is 2.29. The standard InChI is InChI=1S/C27H40ClN5O3/c1-18(15-34-4)31-19-8-10-20(11-9-19)32-26-12-22(23(28)14-30-26)24-6-5-7-25(33-24)29-13-21-16-35-17-27(2,3)36-21/h5-7,12,14,18-21,31H,8-11,13,15-17H2,1-4H3,(H,29,33)(H,30,32)/t18-,19?,20?,21?/m1/s1. The molecule has 1 aliphatic carbocycles.